The molecule has 0 radical (unpaired) electrons. The monoisotopic (exact) mass is 252 g/mol. The maximum absolute atomic E-state index is 9.26. The molecule has 2 heterocycles. The number of carbonyl (C=O) groups is 1. The Morgan fingerprint density at radius 1 is 1.35 bits per heavy atom. The van der Waals surface area contributed by atoms with Crippen molar-refractivity contribution in [2.45, 2.75) is 0 Å². The molecule has 4 rings (SSSR count). The van der Waals surface area contributed by atoms with Crippen LogP contribution in [0, 0.1) is 0 Å². The normalized spacial score (nSPS) is 10.4. The molecule has 2 aliphatic rings. The van der Waals surface area contributed by atoms with Gasteiger partial charge in [0.2, 0.25) is 0 Å². The van der Waals surface area contributed by atoms with E-state index in [4.69, 9.17) is 5.11 Å². The van der Waals surface area contributed by atoms with E-state index in [1.807, 2.05) is 0 Å². The molecule has 0 saturated carbocycles. The Bertz CT molecular complexity index is 735. The highest BCUT2D eigenvalue weighted by atomic mass is 32.2. The van der Waals surface area contributed by atoms with Gasteiger partial charge >= 0.3 is 16.6 Å². The van der Waals surface area contributed by atoms with E-state index in [0.717, 1.165) is 0 Å². The predicted octanol–water partition coefficient (Wildman–Crippen LogP) is 1.89. The summed E-state index contributed by atoms with van der Waals surface area (Å²) in [5, 5.41) is 8.91. The summed E-state index contributed by atoms with van der Waals surface area (Å²) < 4.78 is 22.9. The third kappa shape index (κ3) is 2.04. The van der Waals surface area contributed by atoms with Crippen molar-refractivity contribution in [1.82, 2.24) is 4.57 Å². The van der Waals surface area contributed by atoms with Crippen LogP contribution in [0.4, 0.5) is 4.79 Å². The Morgan fingerprint density at radius 3 is 2.35 bits per heavy atom. The fourth-order valence-electron chi connectivity index (χ4n) is 1.85. The minimum absolute atomic E-state index is 1.35. The summed E-state index contributed by atoms with van der Waals surface area (Å²) in [6.45, 7) is 0. The molecule has 1 amide bonds. The van der Waals surface area contributed by atoms with Crippen molar-refractivity contribution in [2.24, 2.45) is 11.4 Å². The van der Waals surface area contributed by atoms with E-state index in [-0.39, 0.29) is 0 Å². The number of hydrogen-bond acceptors (Lipinski definition) is 3. The smallest absolute Gasteiger partial charge is 0.446 e. The molecule has 6 nitrogen and oxygen atoms in total. The Balaban J connectivity index is 0.000000139. The van der Waals surface area contributed by atoms with E-state index >= 15 is 0 Å². The van der Waals surface area contributed by atoms with Gasteiger partial charge in [0.05, 0.1) is 0 Å². The maximum atomic E-state index is 9.26. The van der Waals surface area contributed by atoms with E-state index in [9.17, 15) is 13.2 Å². The molecule has 17 heavy (non-hydrogen) atoms. The number of hydrogen-bond donors (Lipinski definition) is 1. The molecule has 0 unspecified atom stereocenters. The lowest BCUT2D eigenvalue weighted by molar-refractivity contribution is 0.206. The van der Waals surface area contributed by atoms with E-state index in [1.165, 1.54) is 22.2 Å². The number of amides is 1. The van der Waals surface area contributed by atoms with E-state index < -0.39 is 16.6 Å². The van der Waals surface area contributed by atoms with Crippen molar-refractivity contribution in [2.75, 3.05) is 0 Å². The average molecular weight is 252 g/mol. The number of aromatic nitrogens is 1. The molecule has 1 aliphatic heterocycles. The first kappa shape index (κ1) is 11.3. The Hall–Kier alpha value is -2.15. The van der Waals surface area contributed by atoms with Crippen molar-refractivity contribution < 1.29 is 18.3 Å². The first-order valence-corrected chi connectivity index (χ1v) is 5.66. The minimum Gasteiger partial charge on any atom is -0.463 e. The van der Waals surface area contributed by atoms with Crippen molar-refractivity contribution in [3.05, 3.63) is 24.3 Å². The molecule has 1 aromatic heterocycles. The van der Waals surface area contributed by atoms with Gasteiger partial charge in [-0.3, -0.25) is 0 Å². The molecule has 1 aromatic carbocycles. The molecular weight excluding hydrogens is 244 g/mol. The predicted molar refractivity (Wildman–Crippen MR) is 61.3 cm³/mol. The number of nitrogens with zero attached hydrogens (tertiary/aromatic N) is 2. The Kier molecular flexibility index (Phi) is 2.68. The topological polar surface area (TPSA) is 88.7 Å². The molecule has 2 aromatic rings. The van der Waals surface area contributed by atoms with E-state index in [1.54, 1.807) is 0 Å². The number of carboxylic acid groups (broad SMARTS) is 1. The van der Waals surface area contributed by atoms with E-state index in [0.29, 0.717) is 0 Å². The zero-order valence-corrected chi connectivity index (χ0v) is 9.60. The highest BCUT2D eigenvalue weighted by Crippen LogP contribution is 2.35. The Labute approximate surface area is 97.8 Å². The van der Waals surface area contributed by atoms with Crippen LogP contribution in [0.1, 0.15) is 0 Å². The van der Waals surface area contributed by atoms with Gasteiger partial charge in [-0.05, 0) is 23.8 Å². The fraction of sp³-hybridized carbons (Fsp3) is 0.100. The highest BCUT2D eigenvalue weighted by molar-refractivity contribution is 7.62. The third-order valence-electron chi connectivity index (χ3n) is 2.49. The lowest BCUT2D eigenvalue weighted by atomic mass is 10.2. The van der Waals surface area contributed by atoms with Crippen LogP contribution in [-0.4, -0.2) is 24.2 Å². The number of rotatable bonds is 0. The number of pyridine rings is 2. The first-order valence-electron chi connectivity index (χ1n) is 4.63. The van der Waals surface area contributed by atoms with Gasteiger partial charge in [-0.15, -0.1) is 0 Å². The third-order valence-corrected chi connectivity index (χ3v) is 2.80. The zero-order chi connectivity index (χ0) is 12.6. The quantitative estimate of drug-likeness (QED) is 0.661. The number of aryl methyl sites for hydroxylation is 1. The minimum atomic E-state index is -2.82. The molecule has 0 spiro atoms. The Morgan fingerprint density at radius 2 is 2.06 bits per heavy atom. The second-order valence-corrected chi connectivity index (χ2v) is 4.07. The van der Waals surface area contributed by atoms with Crippen molar-refractivity contribution in [1.29, 1.82) is 0 Å². The fourth-order valence-corrected chi connectivity index (χ4v) is 1.98. The summed E-state index contributed by atoms with van der Waals surface area (Å²) in [6.07, 6.45) is -1.70. The molecule has 1 aliphatic carbocycles. The summed E-state index contributed by atoms with van der Waals surface area (Å²) in [6, 6.07) is 8.84. The maximum Gasteiger partial charge on any atom is 0.446 e. The number of benzene rings is 1. The summed E-state index contributed by atoms with van der Waals surface area (Å²) in [5.74, 6) is 0. The van der Waals surface area contributed by atoms with Gasteiger partial charge in [0.15, 0.2) is 0 Å². The second kappa shape index (κ2) is 4.02. The summed E-state index contributed by atoms with van der Waals surface area (Å²) in [4.78, 5) is 9.25. The summed E-state index contributed by atoms with van der Waals surface area (Å²) >= 11 is 0. The van der Waals surface area contributed by atoms with Crippen LogP contribution >= 0.6 is 0 Å². The molecule has 1 N–H and O–H groups in total. The van der Waals surface area contributed by atoms with Crippen LogP contribution in [0.3, 0.4) is 0 Å². The second-order valence-electron chi connectivity index (χ2n) is 3.45. The standard InChI is InChI=1S/C9H7N.CHNO4S/c1-10-8-3-2-6-4-7(8)5-9(6)10;3-1(4)2-7(5)6/h2-5H,1H3;(H,3,4). The summed E-state index contributed by atoms with van der Waals surface area (Å²) in [5.41, 5.74) is 4.09. The van der Waals surface area contributed by atoms with Crippen LogP contribution in [0.15, 0.2) is 28.6 Å². The van der Waals surface area contributed by atoms with E-state index in [2.05, 4.69) is 40.2 Å². The van der Waals surface area contributed by atoms with Crippen molar-refractivity contribution in [3.63, 3.8) is 0 Å². The molecule has 7 heteroatoms. The zero-order valence-electron chi connectivity index (χ0n) is 8.78. The first-order chi connectivity index (χ1) is 7.99. The van der Waals surface area contributed by atoms with Crippen molar-refractivity contribution >= 4 is 27.5 Å². The largest absolute Gasteiger partial charge is 0.463 e. The van der Waals surface area contributed by atoms with Crippen LogP contribution in [0.2, 0.25) is 0 Å². The molecule has 0 saturated heterocycles. The summed E-state index contributed by atoms with van der Waals surface area (Å²) in [7, 11) is -0.704. The van der Waals surface area contributed by atoms with Crippen LogP contribution < -0.4 is 0 Å². The van der Waals surface area contributed by atoms with Gasteiger partial charge in [0.1, 0.15) is 0 Å². The van der Waals surface area contributed by atoms with Gasteiger partial charge < -0.3 is 9.67 Å². The van der Waals surface area contributed by atoms with Gasteiger partial charge in [0, 0.05) is 23.6 Å². The van der Waals surface area contributed by atoms with Crippen LogP contribution in [-0.2, 0) is 17.5 Å². The van der Waals surface area contributed by atoms with Gasteiger partial charge in [-0.1, -0.05) is 10.4 Å². The highest BCUT2D eigenvalue weighted by Gasteiger charge is 2.14. The van der Waals surface area contributed by atoms with Crippen LogP contribution in [0.5, 0.6) is 0 Å². The molecule has 0 atom stereocenters. The molecular formula is C10H8N2O4S. The molecule has 4 bridgehead atoms. The van der Waals surface area contributed by atoms with Gasteiger partial charge in [-0.2, -0.15) is 8.42 Å². The SMILES string of the molecule is Cn1c2cc3cc-2ccc31.O=C(O)N=S(=O)=O. The molecule has 0 fully saturated rings. The lowest BCUT2D eigenvalue weighted by Crippen LogP contribution is -1.94. The molecule has 88 valence electrons. The average Bonchev–Trinajstić information content (AvgIpc) is 2.69. The van der Waals surface area contributed by atoms with Gasteiger partial charge in [0.25, 0.3) is 0 Å². The van der Waals surface area contributed by atoms with Crippen molar-refractivity contribution in [3.8, 4) is 11.3 Å². The number of fused-ring (bicyclic) bond motifs is 1. The lowest BCUT2D eigenvalue weighted by Gasteiger charge is -2.08. The van der Waals surface area contributed by atoms with Gasteiger partial charge in [-0.25, -0.2) is 4.79 Å². The van der Waals surface area contributed by atoms with Crippen LogP contribution in [0.25, 0.3) is 22.2 Å².